The number of hydrogen-bond acceptors (Lipinski definition) is 3. The molecule has 124 valence electrons. The zero-order valence-corrected chi connectivity index (χ0v) is 17.8. The molecule has 0 aromatic heterocycles. The minimum atomic E-state index is -0.939. The van der Waals surface area contributed by atoms with Gasteiger partial charge in [-0.3, -0.25) is 0 Å². The summed E-state index contributed by atoms with van der Waals surface area (Å²) in [6.07, 6.45) is 17.0. The predicted molar refractivity (Wildman–Crippen MR) is 85.8 cm³/mol. The van der Waals surface area contributed by atoms with Crippen molar-refractivity contribution in [3.63, 3.8) is 0 Å². The summed E-state index contributed by atoms with van der Waals surface area (Å²) in [6.45, 7) is 2.20. The van der Waals surface area contributed by atoms with Gasteiger partial charge in [0.2, 0.25) is 0 Å². The first-order valence-electron chi connectivity index (χ1n) is 8.69. The topological polar surface area (TPSA) is 60.4 Å². The summed E-state index contributed by atoms with van der Waals surface area (Å²) in [6, 6.07) is 0. The number of carboxylic acids is 1. The van der Waals surface area contributed by atoms with E-state index in [1.165, 1.54) is 19.3 Å². The number of aliphatic hydroxyl groups is 1. The van der Waals surface area contributed by atoms with E-state index in [2.05, 4.69) is 19.1 Å². The quantitative estimate of drug-likeness (QED) is 0.273. The Labute approximate surface area is 179 Å². The molecule has 0 spiro atoms. The van der Waals surface area contributed by atoms with Crippen molar-refractivity contribution in [2.45, 2.75) is 96.5 Å². The molecule has 1 atom stereocenters. The van der Waals surface area contributed by atoms with E-state index in [4.69, 9.17) is 0 Å². The fourth-order valence-electron chi connectivity index (χ4n) is 2.36. The molecule has 0 saturated heterocycles. The molecule has 0 bridgehead atoms. The van der Waals surface area contributed by atoms with Gasteiger partial charge >= 0.3 is 51.4 Å². The molecule has 0 aliphatic carbocycles. The number of carboxylic acid groups (broad SMARTS) is 1. The fraction of sp³-hybridized carbons (Fsp3) is 0.833. The Balaban J connectivity index is 0. The fourth-order valence-corrected chi connectivity index (χ4v) is 2.36. The molecule has 0 aliphatic rings. The summed E-state index contributed by atoms with van der Waals surface area (Å²) in [5, 5.41) is 20.0. The first-order valence-corrected chi connectivity index (χ1v) is 8.69. The van der Waals surface area contributed by atoms with Crippen LogP contribution in [0, 0.1) is 0 Å². The second-order valence-electron chi connectivity index (χ2n) is 5.89. The van der Waals surface area contributed by atoms with Crippen molar-refractivity contribution in [1.82, 2.24) is 0 Å². The van der Waals surface area contributed by atoms with Gasteiger partial charge < -0.3 is 15.0 Å². The van der Waals surface area contributed by atoms with Crippen molar-refractivity contribution in [3.8, 4) is 0 Å². The minimum Gasteiger partial charge on any atom is -0.550 e. The van der Waals surface area contributed by atoms with E-state index in [9.17, 15) is 15.0 Å². The Hall–Kier alpha value is 0.806. The first kappa shape index (κ1) is 25.1. The molecule has 0 aromatic rings. The number of unbranched alkanes of at least 4 members (excludes halogenated alkanes) is 8. The van der Waals surface area contributed by atoms with Crippen LogP contribution in [0.4, 0.5) is 0 Å². The van der Waals surface area contributed by atoms with Gasteiger partial charge in [0.25, 0.3) is 0 Å². The molecule has 4 heteroatoms. The second-order valence-corrected chi connectivity index (χ2v) is 5.89. The normalized spacial score (nSPS) is 12.3. The van der Waals surface area contributed by atoms with Crippen LogP contribution in [0.2, 0.25) is 0 Å². The van der Waals surface area contributed by atoms with Crippen molar-refractivity contribution in [2.24, 2.45) is 0 Å². The van der Waals surface area contributed by atoms with Crippen molar-refractivity contribution >= 4 is 5.97 Å². The molecule has 22 heavy (non-hydrogen) atoms. The number of aliphatic hydroxyl groups excluding tert-OH is 1. The van der Waals surface area contributed by atoms with Gasteiger partial charge in [-0.15, -0.1) is 0 Å². The molecule has 0 aromatic carbocycles. The van der Waals surface area contributed by atoms with Gasteiger partial charge in [0.1, 0.15) is 0 Å². The van der Waals surface area contributed by atoms with Crippen LogP contribution in [0.15, 0.2) is 12.2 Å². The van der Waals surface area contributed by atoms with Crippen molar-refractivity contribution < 1.29 is 66.4 Å². The van der Waals surface area contributed by atoms with E-state index < -0.39 is 5.97 Å². The molecule has 0 rings (SSSR count). The Morgan fingerprint density at radius 1 is 1.00 bits per heavy atom. The monoisotopic (exact) mass is 336 g/mol. The third kappa shape index (κ3) is 20.8. The number of carbonyl (C=O) groups is 1. The zero-order chi connectivity index (χ0) is 15.8. The summed E-state index contributed by atoms with van der Waals surface area (Å²) in [4.78, 5) is 10.2. The predicted octanol–water partition coefficient (Wildman–Crippen LogP) is 0.749. The van der Waals surface area contributed by atoms with Crippen LogP contribution in [0.5, 0.6) is 0 Å². The zero-order valence-electron chi connectivity index (χ0n) is 14.7. The van der Waals surface area contributed by atoms with Crippen LogP contribution in [0.25, 0.3) is 0 Å². The van der Waals surface area contributed by atoms with Crippen LogP contribution in [-0.4, -0.2) is 17.2 Å². The van der Waals surface area contributed by atoms with Gasteiger partial charge in [0, 0.05) is 5.97 Å². The van der Waals surface area contributed by atoms with Crippen LogP contribution in [-0.2, 0) is 4.79 Å². The van der Waals surface area contributed by atoms with E-state index in [1.807, 2.05) is 0 Å². The molecule has 0 radical (unpaired) electrons. The minimum absolute atomic E-state index is 0. The molecule has 0 amide bonds. The second kappa shape index (κ2) is 19.9. The van der Waals surface area contributed by atoms with E-state index in [0.29, 0.717) is 0 Å². The van der Waals surface area contributed by atoms with Crippen LogP contribution in [0.1, 0.15) is 90.4 Å². The number of carbonyl (C=O) groups excluding carboxylic acids is 1. The Kier molecular flexibility index (Phi) is 22.6. The molecule has 3 nitrogen and oxygen atoms in total. The average Bonchev–Trinajstić information content (AvgIpc) is 2.45. The Morgan fingerprint density at radius 2 is 1.64 bits per heavy atom. The van der Waals surface area contributed by atoms with Gasteiger partial charge in [0.15, 0.2) is 0 Å². The summed E-state index contributed by atoms with van der Waals surface area (Å²) >= 11 is 0. The van der Waals surface area contributed by atoms with E-state index in [1.54, 1.807) is 0 Å². The summed E-state index contributed by atoms with van der Waals surface area (Å²) in [5.41, 5.74) is 0. The van der Waals surface area contributed by atoms with Gasteiger partial charge in [-0.05, 0) is 38.5 Å². The molecule has 0 fully saturated rings. The van der Waals surface area contributed by atoms with Crippen LogP contribution >= 0.6 is 0 Å². The number of allylic oxidation sites excluding steroid dienone is 1. The Morgan fingerprint density at radius 3 is 2.32 bits per heavy atom. The van der Waals surface area contributed by atoms with E-state index in [-0.39, 0.29) is 63.9 Å². The third-order valence-corrected chi connectivity index (χ3v) is 3.72. The summed E-state index contributed by atoms with van der Waals surface area (Å²) in [7, 11) is 0. The third-order valence-electron chi connectivity index (χ3n) is 3.72. The molecule has 0 heterocycles. The van der Waals surface area contributed by atoms with Gasteiger partial charge in [-0.25, -0.2) is 0 Å². The number of rotatable bonds is 15. The molecular formula is C18H33KO3. The molecule has 1 unspecified atom stereocenters. The van der Waals surface area contributed by atoms with E-state index >= 15 is 0 Å². The van der Waals surface area contributed by atoms with Crippen molar-refractivity contribution in [1.29, 1.82) is 0 Å². The van der Waals surface area contributed by atoms with Crippen molar-refractivity contribution in [2.75, 3.05) is 0 Å². The van der Waals surface area contributed by atoms with Gasteiger partial charge in [0.05, 0.1) is 6.10 Å². The number of aliphatic carboxylic acids is 1. The van der Waals surface area contributed by atoms with Crippen LogP contribution in [0.3, 0.4) is 0 Å². The SMILES string of the molecule is CCCCCCC(O)CC=CCCCCCCCC(=O)[O-].[K+]. The smallest absolute Gasteiger partial charge is 0.550 e. The largest absolute Gasteiger partial charge is 1.00 e. The molecular weight excluding hydrogens is 303 g/mol. The standard InChI is InChI=1S/C18H34O3.K/c1-2-3-4-11-14-17(19)15-12-9-7-5-6-8-10-13-16-18(20)21;/h9,12,17,19H,2-8,10-11,13-16H2,1H3,(H,20,21);/q;+1/p-1. The van der Waals surface area contributed by atoms with Gasteiger partial charge in [-0.1, -0.05) is 64.0 Å². The summed E-state index contributed by atoms with van der Waals surface area (Å²) in [5.74, 6) is -0.939. The average molecular weight is 337 g/mol. The molecule has 0 saturated carbocycles. The number of hydrogen-bond donors (Lipinski definition) is 1. The molecule has 0 aliphatic heterocycles. The molecule has 1 N–H and O–H groups in total. The van der Waals surface area contributed by atoms with E-state index in [0.717, 1.165) is 57.8 Å². The van der Waals surface area contributed by atoms with Gasteiger partial charge in [-0.2, -0.15) is 0 Å². The maximum atomic E-state index is 10.2. The Bertz CT molecular complexity index is 267. The maximum Gasteiger partial charge on any atom is 1.00 e. The van der Waals surface area contributed by atoms with Crippen molar-refractivity contribution in [3.05, 3.63) is 12.2 Å². The maximum absolute atomic E-state index is 10.2. The first-order chi connectivity index (χ1) is 10.2. The van der Waals surface area contributed by atoms with Crippen LogP contribution < -0.4 is 56.5 Å². The summed E-state index contributed by atoms with van der Waals surface area (Å²) < 4.78 is 0.